The first-order valence-corrected chi connectivity index (χ1v) is 26.7. The van der Waals surface area contributed by atoms with Crippen LogP contribution in [0.1, 0.15) is 132 Å². The van der Waals surface area contributed by atoms with Gasteiger partial charge in [-0.2, -0.15) is 0 Å². The second kappa shape index (κ2) is 32.8. The highest BCUT2D eigenvalue weighted by atomic mass is 16.4. The maximum atomic E-state index is 14.2. The lowest BCUT2D eigenvalue weighted by Gasteiger charge is -2.31. The third-order valence-corrected chi connectivity index (χ3v) is 13.3. The Balaban J connectivity index is 2.26. The number of aliphatic carboxylic acids is 1. The number of carboxylic acid groups (broad SMARTS) is 1. The van der Waals surface area contributed by atoms with Gasteiger partial charge in [0.05, 0.1) is 19.3 Å². The van der Waals surface area contributed by atoms with Crippen LogP contribution in [0.5, 0.6) is 0 Å². The predicted octanol–water partition coefficient (Wildman–Crippen LogP) is -2.58. The van der Waals surface area contributed by atoms with Crippen molar-refractivity contribution in [2.75, 3.05) is 39.4 Å². The maximum Gasteiger partial charge on any atom is 0.326 e. The Bertz CT molecular complexity index is 1920. The number of rotatable bonds is 33. The van der Waals surface area contributed by atoms with Crippen LogP contribution in [-0.4, -0.2) is 184 Å². The molecule has 2 rings (SSSR count). The Labute approximate surface area is 441 Å². The first-order valence-electron chi connectivity index (χ1n) is 26.7. The van der Waals surface area contributed by atoms with Gasteiger partial charge < -0.3 is 79.5 Å². The number of amides is 9. The SMILES string of the molecule is CC(C)C[C@H](NC(=O)[C@H](CCCCN)NC(=O)[C@@H](NC(=O)[C@@H]1CCCN1C(=O)[C@H](CO)NC(=O)[C@@H](N)CC(C)C)C(C)C)C(=O)N[C@@H](CO)C(=O)N1CCC[C@H]1C(=O)N[C@H](C(=O)N[C@@H](CCCCN)C(=O)O)C(C)C. The summed E-state index contributed by atoms with van der Waals surface area (Å²) in [4.78, 5) is 138. The number of aliphatic hydroxyl groups excluding tert-OH is 2. The lowest BCUT2D eigenvalue weighted by molar-refractivity contribution is -0.144. The van der Waals surface area contributed by atoms with Crippen molar-refractivity contribution in [2.24, 2.45) is 40.9 Å². The summed E-state index contributed by atoms with van der Waals surface area (Å²) in [5.74, 6) is -8.87. The zero-order valence-electron chi connectivity index (χ0n) is 45.4. The van der Waals surface area contributed by atoms with E-state index in [-0.39, 0.29) is 63.6 Å². The fourth-order valence-corrected chi connectivity index (χ4v) is 9.12. The molecule has 16 N–H and O–H groups in total. The fourth-order valence-electron chi connectivity index (χ4n) is 9.12. The van der Waals surface area contributed by atoms with E-state index < -0.39 is 145 Å². The van der Waals surface area contributed by atoms with Crippen molar-refractivity contribution < 1.29 is 63.3 Å². The molecule has 75 heavy (non-hydrogen) atoms. The van der Waals surface area contributed by atoms with Gasteiger partial charge in [-0.25, -0.2) is 4.79 Å². The summed E-state index contributed by atoms with van der Waals surface area (Å²) < 4.78 is 0. The summed E-state index contributed by atoms with van der Waals surface area (Å²) >= 11 is 0. The van der Waals surface area contributed by atoms with E-state index in [4.69, 9.17) is 17.2 Å². The van der Waals surface area contributed by atoms with Gasteiger partial charge in [-0.05, 0) is 114 Å². The Morgan fingerprint density at radius 3 is 1.25 bits per heavy atom. The molecule has 0 saturated carbocycles. The molecule has 0 bridgehead atoms. The highest BCUT2D eigenvalue weighted by molar-refractivity contribution is 5.99. The number of carbonyl (C=O) groups excluding carboxylic acids is 9. The molecule has 0 unspecified atom stereocenters. The topological polar surface area (TPSA) is 400 Å². The number of unbranched alkanes of at least 4 members (excludes halogenated alkanes) is 2. The van der Waals surface area contributed by atoms with E-state index in [1.54, 1.807) is 41.5 Å². The zero-order valence-corrected chi connectivity index (χ0v) is 45.4. The molecule has 10 atom stereocenters. The number of nitrogens with one attached hydrogen (secondary N) is 7. The molecule has 0 aromatic heterocycles. The summed E-state index contributed by atoms with van der Waals surface area (Å²) in [6.45, 7) is 13.3. The third-order valence-electron chi connectivity index (χ3n) is 13.3. The first-order chi connectivity index (χ1) is 35.3. The van der Waals surface area contributed by atoms with Crippen molar-refractivity contribution in [3.8, 4) is 0 Å². The molecule has 2 aliphatic heterocycles. The van der Waals surface area contributed by atoms with Crippen molar-refractivity contribution in [1.29, 1.82) is 0 Å². The van der Waals surface area contributed by atoms with Gasteiger partial charge in [-0.15, -0.1) is 0 Å². The number of nitrogens with zero attached hydrogens (tertiary/aromatic N) is 2. The molecule has 0 aromatic carbocycles. The van der Waals surface area contributed by atoms with Crippen LogP contribution in [0.3, 0.4) is 0 Å². The van der Waals surface area contributed by atoms with Gasteiger partial charge in [-0.3, -0.25) is 43.2 Å². The number of carbonyl (C=O) groups is 10. The number of hydrogen-bond donors (Lipinski definition) is 13. The van der Waals surface area contributed by atoms with Crippen molar-refractivity contribution in [3.05, 3.63) is 0 Å². The lowest BCUT2D eigenvalue weighted by Crippen LogP contribution is -2.61. The minimum absolute atomic E-state index is 0.0589. The summed E-state index contributed by atoms with van der Waals surface area (Å²) in [5, 5.41) is 48.6. The molecule has 9 amide bonds. The van der Waals surface area contributed by atoms with Gasteiger partial charge >= 0.3 is 5.97 Å². The standard InChI is InChI=1S/C50H90N12O13/c1-27(2)23-31(53)41(65)57-35(25-63)48(72)61-21-13-17-37(61)44(68)59-39(29(5)6)46(70)54-32(15-9-11-19-51)42(66)56-34(24-28(3)4)43(67)58-36(26-64)49(73)62-22-14-18-38(62)45(69)60-40(30(7)8)47(71)55-33(50(74)75)16-10-12-20-52/h27-40,63-64H,9-26,51-53H2,1-8H3,(H,54,70)(H,55,71)(H,56,66)(H,57,65)(H,58,67)(H,59,68)(H,60,69)(H,74,75)/t31-,32-,33-,34-,35-,36-,37-,38-,39-,40-/m0/s1. The number of carboxylic acids is 1. The molecular formula is C50H90N12O13. The third kappa shape index (κ3) is 20.9. The summed E-state index contributed by atoms with van der Waals surface area (Å²) in [7, 11) is 0. The average Bonchev–Trinajstić information content (AvgIpc) is 4.05. The van der Waals surface area contributed by atoms with Crippen LogP contribution < -0.4 is 54.4 Å². The number of nitrogens with two attached hydrogens (primary N) is 3. The smallest absolute Gasteiger partial charge is 0.326 e. The molecule has 25 heteroatoms. The molecule has 2 heterocycles. The number of likely N-dealkylation sites (tertiary alicyclic amines) is 2. The highest BCUT2D eigenvalue weighted by Gasteiger charge is 2.42. The molecular weight excluding hydrogens is 977 g/mol. The number of aliphatic hydroxyl groups is 2. The van der Waals surface area contributed by atoms with Gasteiger partial charge in [0.2, 0.25) is 53.2 Å². The monoisotopic (exact) mass is 1070 g/mol. The molecule has 25 nitrogen and oxygen atoms in total. The van der Waals surface area contributed by atoms with Gasteiger partial charge in [-0.1, -0.05) is 55.4 Å². The summed E-state index contributed by atoms with van der Waals surface area (Å²) in [5.41, 5.74) is 17.3. The first kappa shape index (κ1) is 65.6. The van der Waals surface area contributed by atoms with E-state index in [0.29, 0.717) is 51.5 Å². The molecule has 0 aromatic rings. The van der Waals surface area contributed by atoms with Crippen LogP contribution in [0.15, 0.2) is 0 Å². The minimum Gasteiger partial charge on any atom is -0.480 e. The zero-order chi connectivity index (χ0) is 56.7. The van der Waals surface area contributed by atoms with Crippen LogP contribution in [-0.2, 0) is 47.9 Å². The molecule has 0 radical (unpaired) electrons. The van der Waals surface area contributed by atoms with Crippen molar-refractivity contribution in [3.63, 3.8) is 0 Å². The van der Waals surface area contributed by atoms with E-state index in [2.05, 4.69) is 37.2 Å². The molecule has 2 saturated heterocycles. The quantitative estimate of drug-likeness (QED) is 0.0300. The molecule has 2 fully saturated rings. The van der Waals surface area contributed by atoms with Gasteiger partial charge in [0.15, 0.2) is 0 Å². The minimum atomic E-state index is -1.56. The van der Waals surface area contributed by atoms with E-state index in [1.807, 2.05) is 13.8 Å². The van der Waals surface area contributed by atoms with E-state index in [0.717, 1.165) is 0 Å². The van der Waals surface area contributed by atoms with Gasteiger partial charge in [0.1, 0.15) is 54.4 Å². The second-order valence-corrected chi connectivity index (χ2v) is 21.3. The van der Waals surface area contributed by atoms with Crippen molar-refractivity contribution in [1.82, 2.24) is 47.0 Å². The Morgan fingerprint density at radius 1 is 0.493 bits per heavy atom. The highest BCUT2D eigenvalue weighted by Crippen LogP contribution is 2.22. The second-order valence-electron chi connectivity index (χ2n) is 21.3. The van der Waals surface area contributed by atoms with E-state index in [9.17, 15) is 63.3 Å². The lowest BCUT2D eigenvalue weighted by atomic mass is 9.99. The number of hydrogen-bond acceptors (Lipinski definition) is 15. The van der Waals surface area contributed by atoms with E-state index in [1.165, 1.54) is 9.80 Å². The summed E-state index contributed by atoms with van der Waals surface area (Å²) in [6, 6.07) is -12.1. The van der Waals surface area contributed by atoms with Crippen LogP contribution in [0.25, 0.3) is 0 Å². The Kier molecular flexibility index (Phi) is 28.7. The largest absolute Gasteiger partial charge is 0.480 e. The molecule has 2 aliphatic rings. The van der Waals surface area contributed by atoms with Crippen molar-refractivity contribution in [2.45, 2.75) is 193 Å². The van der Waals surface area contributed by atoms with Gasteiger partial charge in [0, 0.05) is 13.1 Å². The van der Waals surface area contributed by atoms with Crippen LogP contribution >= 0.6 is 0 Å². The maximum absolute atomic E-state index is 14.2. The predicted molar refractivity (Wildman–Crippen MR) is 277 cm³/mol. The molecule has 0 spiro atoms. The van der Waals surface area contributed by atoms with Crippen LogP contribution in [0.4, 0.5) is 0 Å². The van der Waals surface area contributed by atoms with Gasteiger partial charge in [0.25, 0.3) is 0 Å². The fraction of sp³-hybridized carbons (Fsp3) is 0.800. The normalized spacial score (nSPS) is 18.8. The van der Waals surface area contributed by atoms with Crippen molar-refractivity contribution >= 4 is 59.1 Å². The summed E-state index contributed by atoms with van der Waals surface area (Å²) in [6.07, 6.45) is 3.71. The Hall–Kier alpha value is -5.50. The van der Waals surface area contributed by atoms with E-state index >= 15 is 0 Å². The molecule has 0 aliphatic carbocycles. The molecule has 428 valence electrons. The van der Waals surface area contributed by atoms with Crippen LogP contribution in [0.2, 0.25) is 0 Å². The Morgan fingerprint density at radius 2 is 0.867 bits per heavy atom. The average molecular weight is 1070 g/mol. The van der Waals surface area contributed by atoms with Crippen LogP contribution in [0, 0.1) is 23.7 Å².